The van der Waals surface area contributed by atoms with Crippen LogP contribution in [-0.2, 0) is 6.42 Å². The van der Waals surface area contributed by atoms with Gasteiger partial charge in [0.25, 0.3) is 0 Å². The molecule has 0 amide bonds. The van der Waals surface area contributed by atoms with Gasteiger partial charge in [0.15, 0.2) is 0 Å². The van der Waals surface area contributed by atoms with Crippen molar-refractivity contribution in [1.82, 2.24) is 0 Å². The predicted octanol–water partition coefficient (Wildman–Crippen LogP) is 3.60. The molecule has 0 unspecified atom stereocenters. The van der Waals surface area contributed by atoms with E-state index in [2.05, 4.69) is 4.74 Å². The van der Waals surface area contributed by atoms with E-state index in [9.17, 15) is 13.2 Å². The van der Waals surface area contributed by atoms with Gasteiger partial charge in [-0.25, -0.2) is 4.39 Å². The van der Waals surface area contributed by atoms with Gasteiger partial charge in [-0.15, -0.1) is 11.6 Å². The number of benzene rings is 1. The van der Waals surface area contributed by atoms with Crippen molar-refractivity contribution in [2.45, 2.75) is 19.5 Å². The molecule has 0 saturated heterocycles. The van der Waals surface area contributed by atoms with Crippen molar-refractivity contribution in [3.05, 3.63) is 29.6 Å². The van der Waals surface area contributed by atoms with Crippen LogP contribution in [0.5, 0.6) is 5.75 Å². The zero-order chi connectivity index (χ0) is 11.3. The van der Waals surface area contributed by atoms with E-state index in [1.54, 1.807) is 0 Å². The molecule has 1 rings (SSSR count). The SMILES string of the molecule is Fc1ccc(CCCCl)c(OC(F)F)c1. The number of aryl methyl sites for hydroxylation is 1. The fourth-order valence-corrected chi connectivity index (χ4v) is 1.33. The van der Waals surface area contributed by atoms with Gasteiger partial charge < -0.3 is 4.74 Å². The standard InChI is InChI=1S/C10H10ClF3O/c11-5-1-2-7-3-4-8(12)6-9(7)15-10(13)14/h3-4,6,10H,1-2,5H2. The van der Waals surface area contributed by atoms with Crippen molar-refractivity contribution < 1.29 is 17.9 Å². The van der Waals surface area contributed by atoms with Crippen molar-refractivity contribution >= 4 is 11.6 Å². The summed E-state index contributed by atoms with van der Waals surface area (Å²) in [4.78, 5) is 0. The lowest BCUT2D eigenvalue weighted by atomic mass is 10.1. The molecule has 5 heteroatoms. The van der Waals surface area contributed by atoms with Crippen molar-refractivity contribution in [3.63, 3.8) is 0 Å². The van der Waals surface area contributed by atoms with Gasteiger partial charge in [-0.1, -0.05) is 6.07 Å². The predicted molar refractivity (Wildman–Crippen MR) is 52.1 cm³/mol. The van der Waals surface area contributed by atoms with E-state index in [1.165, 1.54) is 12.1 Å². The number of rotatable bonds is 5. The van der Waals surface area contributed by atoms with Gasteiger partial charge >= 0.3 is 6.61 Å². The number of hydrogen-bond donors (Lipinski definition) is 0. The first kappa shape index (κ1) is 12.2. The Kier molecular flexibility index (Phi) is 4.75. The summed E-state index contributed by atoms with van der Waals surface area (Å²) >= 11 is 5.48. The molecular weight excluding hydrogens is 229 g/mol. The average Bonchev–Trinajstić information content (AvgIpc) is 2.16. The van der Waals surface area contributed by atoms with Gasteiger partial charge in [0, 0.05) is 11.9 Å². The van der Waals surface area contributed by atoms with Crippen LogP contribution in [0.1, 0.15) is 12.0 Å². The van der Waals surface area contributed by atoms with E-state index in [-0.39, 0.29) is 5.75 Å². The first-order valence-corrected chi connectivity index (χ1v) is 4.96. The Labute approximate surface area is 90.8 Å². The highest BCUT2D eigenvalue weighted by Crippen LogP contribution is 2.23. The third-order valence-electron chi connectivity index (χ3n) is 1.83. The van der Waals surface area contributed by atoms with Crippen LogP contribution < -0.4 is 4.74 Å². The van der Waals surface area contributed by atoms with Crippen molar-refractivity contribution in [3.8, 4) is 5.75 Å². The van der Waals surface area contributed by atoms with Gasteiger partial charge in [0.1, 0.15) is 11.6 Å². The topological polar surface area (TPSA) is 9.23 Å². The summed E-state index contributed by atoms with van der Waals surface area (Å²) in [5.74, 6) is -0.290. The summed E-state index contributed by atoms with van der Waals surface area (Å²) < 4.78 is 40.9. The maximum Gasteiger partial charge on any atom is 0.387 e. The molecule has 0 saturated carbocycles. The summed E-state index contributed by atoms with van der Waals surface area (Å²) in [6, 6.07) is 3.59. The Bertz CT molecular complexity index is 318. The molecule has 1 aromatic carbocycles. The van der Waals surface area contributed by atoms with Crippen LogP contribution in [-0.4, -0.2) is 12.5 Å². The highest BCUT2D eigenvalue weighted by molar-refractivity contribution is 6.17. The minimum atomic E-state index is -2.94. The number of ether oxygens (including phenoxy) is 1. The third kappa shape index (κ3) is 4.00. The van der Waals surface area contributed by atoms with E-state index >= 15 is 0 Å². The van der Waals surface area contributed by atoms with Crippen LogP contribution in [0.25, 0.3) is 0 Å². The van der Waals surface area contributed by atoms with E-state index in [0.717, 1.165) is 6.07 Å². The summed E-state index contributed by atoms with van der Waals surface area (Å²) in [5.41, 5.74) is 0.539. The second-order valence-corrected chi connectivity index (χ2v) is 3.30. The minimum Gasteiger partial charge on any atom is -0.434 e. The molecule has 1 nitrogen and oxygen atoms in total. The molecule has 0 heterocycles. The Morgan fingerprint density at radius 2 is 2.07 bits per heavy atom. The van der Waals surface area contributed by atoms with Gasteiger partial charge in [-0.3, -0.25) is 0 Å². The summed E-state index contributed by atoms with van der Waals surface area (Å²) in [6.45, 7) is -2.94. The van der Waals surface area contributed by atoms with Crippen molar-refractivity contribution in [2.24, 2.45) is 0 Å². The van der Waals surface area contributed by atoms with E-state index < -0.39 is 12.4 Å². The lowest BCUT2D eigenvalue weighted by Gasteiger charge is -2.10. The van der Waals surface area contributed by atoms with Gasteiger partial charge in [0.05, 0.1) is 0 Å². The molecule has 0 fully saturated rings. The molecule has 0 aliphatic heterocycles. The quantitative estimate of drug-likeness (QED) is 0.713. The largest absolute Gasteiger partial charge is 0.434 e. The molecule has 0 aliphatic carbocycles. The van der Waals surface area contributed by atoms with Gasteiger partial charge in [-0.05, 0) is 24.5 Å². The molecule has 15 heavy (non-hydrogen) atoms. The molecule has 0 bridgehead atoms. The zero-order valence-corrected chi connectivity index (χ0v) is 8.61. The highest BCUT2D eigenvalue weighted by atomic mass is 35.5. The van der Waals surface area contributed by atoms with Crippen molar-refractivity contribution in [2.75, 3.05) is 5.88 Å². The number of halogens is 4. The molecular formula is C10H10ClF3O. The molecule has 0 N–H and O–H groups in total. The Hall–Kier alpha value is -0.900. The maximum atomic E-state index is 12.8. The molecule has 1 aromatic rings. The zero-order valence-electron chi connectivity index (χ0n) is 7.85. The molecule has 0 atom stereocenters. The second-order valence-electron chi connectivity index (χ2n) is 2.92. The Morgan fingerprint density at radius 1 is 1.33 bits per heavy atom. The van der Waals surface area contributed by atoms with Crippen LogP contribution in [0.2, 0.25) is 0 Å². The molecule has 0 aromatic heterocycles. The summed E-state index contributed by atoms with van der Waals surface area (Å²) in [7, 11) is 0. The fraction of sp³-hybridized carbons (Fsp3) is 0.400. The fourth-order valence-electron chi connectivity index (χ4n) is 1.20. The van der Waals surface area contributed by atoms with E-state index in [1.807, 2.05) is 0 Å². The van der Waals surface area contributed by atoms with Crippen LogP contribution in [0.15, 0.2) is 18.2 Å². The van der Waals surface area contributed by atoms with E-state index in [0.29, 0.717) is 24.3 Å². The molecule has 0 radical (unpaired) electrons. The monoisotopic (exact) mass is 238 g/mol. The van der Waals surface area contributed by atoms with Gasteiger partial charge in [0.2, 0.25) is 0 Å². The average molecular weight is 239 g/mol. The van der Waals surface area contributed by atoms with Crippen LogP contribution in [0.4, 0.5) is 13.2 Å². The second kappa shape index (κ2) is 5.85. The molecule has 0 spiro atoms. The third-order valence-corrected chi connectivity index (χ3v) is 2.09. The minimum absolute atomic E-state index is 0.116. The lowest BCUT2D eigenvalue weighted by Crippen LogP contribution is -2.05. The summed E-state index contributed by atoms with van der Waals surface area (Å²) in [5, 5.41) is 0. The van der Waals surface area contributed by atoms with Crippen LogP contribution >= 0.6 is 11.6 Å². The summed E-state index contributed by atoms with van der Waals surface area (Å²) in [6.07, 6.45) is 1.12. The highest BCUT2D eigenvalue weighted by Gasteiger charge is 2.10. The lowest BCUT2D eigenvalue weighted by molar-refractivity contribution is -0.0506. The first-order chi connectivity index (χ1) is 7.13. The van der Waals surface area contributed by atoms with Crippen molar-refractivity contribution in [1.29, 1.82) is 0 Å². The Balaban J connectivity index is 2.82. The van der Waals surface area contributed by atoms with Crippen LogP contribution in [0.3, 0.4) is 0 Å². The van der Waals surface area contributed by atoms with Gasteiger partial charge in [-0.2, -0.15) is 8.78 Å². The molecule has 0 aliphatic rings. The normalized spacial score (nSPS) is 10.7. The van der Waals surface area contributed by atoms with E-state index in [4.69, 9.17) is 11.6 Å². The molecule has 84 valence electrons. The van der Waals surface area contributed by atoms with Crippen LogP contribution in [0, 0.1) is 5.82 Å². The number of alkyl halides is 3. The Morgan fingerprint density at radius 3 is 2.67 bits per heavy atom. The smallest absolute Gasteiger partial charge is 0.387 e. The number of hydrogen-bond acceptors (Lipinski definition) is 1. The maximum absolute atomic E-state index is 12.8. The first-order valence-electron chi connectivity index (χ1n) is 4.42.